The number of aromatic nitrogens is 3. The molecule has 2 heterocycles. The molecule has 0 aliphatic carbocycles. The Morgan fingerprint density at radius 3 is 3.12 bits per heavy atom. The highest BCUT2D eigenvalue weighted by atomic mass is 16.3. The van der Waals surface area contributed by atoms with Gasteiger partial charge in [-0.15, -0.1) is 5.10 Å². The van der Waals surface area contributed by atoms with Crippen molar-refractivity contribution in [3.05, 3.63) is 5.82 Å². The second kappa shape index (κ2) is 5.13. The van der Waals surface area contributed by atoms with E-state index in [0.29, 0.717) is 6.42 Å². The first-order valence-corrected chi connectivity index (χ1v) is 5.82. The summed E-state index contributed by atoms with van der Waals surface area (Å²) in [4.78, 5) is 17.7. The fourth-order valence-electron chi connectivity index (χ4n) is 2.24. The summed E-state index contributed by atoms with van der Waals surface area (Å²) in [5.41, 5.74) is 5.37. The topological polar surface area (TPSA) is 108 Å². The van der Waals surface area contributed by atoms with Gasteiger partial charge in [0, 0.05) is 19.2 Å². The highest BCUT2D eigenvalue weighted by Gasteiger charge is 2.30. The fraction of sp³-hybridized carbons (Fsp3) is 0.700. The quantitative estimate of drug-likeness (QED) is 0.672. The van der Waals surface area contributed by atoms with Crippen molar-refractivity contribution >= 4 is 11.9 Å². The van der Waals surface area contributed by atoms with Crippen LogP contribution in [0.1, 0.15) is 36.3 Å². The number of nitrogens with one attached hydrogen (secondary N) is 1. The number of carbonyl (C=O) groups is 1. The Labute approximate surface area is 99.0 Å². The molecule has 1 fully saturated rings. The van der Waals surface area contributed by atoms with E-state index in [-0.39, 0.29) is 30.3 Å². The molecule has 0 aromatic carbocycles. The number of H-pyrrole nitrogens is 1. The van der Waals surface area contributed by atoms with E-state index in [1.165, 1.54) is 0 Å². The molecule has 0 radical (unpaired) electrons. The van der Waals surface area contributed by atoms with E-state index < -0.39 is 0 Å². The van der Waals surface area contributed by atoms with Gasteiger partial charge in [0.25, 0.3) is 5.91 Å². The van der Waals surface area contributed by atoms with E-state index >= 15 is 0 Å². The SMILES string of the molecule is Nc1n[nH]c(C(=O)N2CCCC2CCCO)n1. The minimum absolute atomic E-state index is 0.0828. The molecule has 7 nitrogen and oxygen atoms in total. The summed E-state index contributed by atoms with van der Waals surface area (Å²) in [6.07, 6.45) is 3.51. The van der Waals surface area contributed by atoms with Crippen LogP contribution in [0.2, 0.25) is 0 Å². The lowest BCUT2D eigenvalue weighted by Gasteiger charge is -2.23. The summed E-state index contributed by atoms with van der Waals surface area (Å²) in [5.74, 6) is 0.118. The van der Waals surface area contributed by atoms with Gasteiger partial charge in [0.15, 0.2) is 0 Å². The molecule has 1 saturated heterocycles. The van der Waals surface area contributed by atoms with Crippen LogP contribution in [-0.2, 0) is 0 Å². The number of aliphatic hydroxyl groups excluding tert-OH is 1. The van der Waals surface area contributed by atoms with E-state index in [1.807, 2.05) is 0 Å². The van der Waals surface area contributed by atoms with Gasteiger partial charge in [0.1, 0.15) is 0 Å². The third kappa shape index (κ3) is 2.55. The van der Waals surface area contributed by atoms with Gasteiger partial charge in [0.2, 0.25) is 11.8 Å². The molecule has 1 amide bonds. The van der Waals surface area contributed by atoms with Crippen LogP contribution in [0.25, 0.3) is 0 Å². The first-order valence-electron chi connectivity index (χ1n) is 5.82. The number of anilines is 1. The Balaban J connectivity index is 2.03. The van der Waals surface area contributed by atoms with Crippen molar-refractivity contribution in [1.29, 1.82) is 0 Å². The molecule has 1 aromatic heterocycles. The second-order valence-electron chi connectivity index (χ2n) is 4.20. The van der Waals surface area contributed by atoms with E-state index in [2.05, 4.69) is 15.2 Å². The number of hydrogen-bond acceptors (Lipinski definition) is 5. The largest absolute Gasteiger partial charge is 0.396 e. The maximum absolute atomic E-state index is 12.1. The van der Waals surface area contributed by atoms with Gasteiger partial charge >= 0.3 is 0 Å². The van der Waals surface area contributed by atoms with Crippen molar-refractivity contribution in [2.24, 2.45) is 0 Å². The molecule has 94 valence electrons. The zero-order valence-electron chi connectivity index (χ0n) is 9.59. The first kappa shape index (κ1) is 11.8. The molecule has 1 aliphatic rings. The molecule has 17 heavy (non-hydrogen) atoms. The maximum atomic E-state index is 12.1. The van der Waals surface area contributed by atoms with Crippen LogP contribution in [0, 0.1) is 0 Å². The van der Waals surface area contributed by atoms with Crippen molar-refractivity contribution in [3.63, 3.8) is 0 Å². The summed E-state index contributed by atoms with van der Waals surface area (Å²) in [7, 11) is 0. The summed E-state index contributed by atoms with van der Waals surface area (Å²) in [6.45, 7) is 0.892. The number of aliphatic hydroxyl groups is 1. The Morgan fingerprint density at radius 2 is 2.47 bits per heavy atom. The lowest BCUT2D eigenvalue weighted by molar-refractivity contribution is 0.0712. The number of aromatic amines is 1. The minimum atomic E-state index is -0.158. The Kier molecular flexibility index (Phi) is 3.58. The van der Waals surface area contributed by atoms with Crippen molar-refractivity contribution in [2.45, 2.75) is 31.7 Å². The van der Waals surface area contributed by atoms with Crippen LogP contribution in [0.15, 0.2) is 0 Å². The molecule has 1 aliphatic heterocycles. The number of rotatable bonds is 4. The minimum Gasteiger partial charge on any atom is -0.396 e. The number of nitrogen functional groups attached to an aromatic ring is 1. The van der Waals surface area contributed by atoms with Crippen molar-refractivity contribution < 1.29 is 9.90 Å². The maximum Gasteiger partial charge on any atom is 0.291 e. The number of carbonyl (C=O) groups excluding carboxylic acids is 1. The van der Waals surface area contributed by atoms with Crippen molar-refractivity contribution in [2.75, 3.05) is 18.9 Å². The van der Waals surface area contributed by atoms with Crippen molar-refractivity contribution in [1.82, 2.24) is 20.1 Å². The average Bonchev–Trinajstić information content (AvgIpc) is 2.94. The summed E-state index contributed by atoms with van der Waals surface area (Å²) < 4.78 is 0. The summed E-state index contributed by atoms with van der Waals surface area (Å²) in [5, 5.41) is 15.0. The molecule has 0 spiro atoms. The van der Waals surface area contributed by atoms with Crippen LogP contribution < -0.4 is 5.73 Å². The predicted octanol–water partition coefficient (Wildman–Crippen LogP) is -0.236. The summed E-state index contributed by atoms with van der Waals surface area (Å²) >= 11 is 0. The van der Waals surface area contributed by atoms with Gasteiger partial charge in [-0.05, 0) is 25.7 Å². The van der Waals surface area contributed by atoms with Crippen LogP contribution in [0.5, 0.6) is 0 Å². The van der Waals surface area contributed by atoms with Gasteiger partial charge in [-0.25, -0.2) is 0 Å². The molecule has 4 N–H and O–H groups in total. The Bertz CT molecular complexity index is 392. The smallest absolute Gasteiger partial charge is 0.291 e. The molecule has 0 bridgehead atoms. The number of nitrogens with zero attached hydrogens (tertiary/aromatic N) is 3. The lowest BCUT2D eigenvalue weighted by Crippen LogP contribution is -2.36. The van der Waals surface area contributed by atoms with Gasteiger partial charge in [0.05, 0.1) is 0 Å². The summed E-state index contributed by atoms with van der Waals surface area (Å²) in [6, 6.07) is 0.195. The van der Waals surface area contributed by atoms with Gasteiger partial charge in [-0.2, -0.15) is 4.98 Å². The third-order valence-corrected chi connectivity index (χ3v) is 3.04. The fourth-order valence-corrected chi connectivity index (χ4v) is 2.24. The van der Waals surface area contributed by atoms with E-state index in [4.69, 9.17) is 10.8 Å². The number of hydrogen-bond donors (Lipinski definition) is 3. The Hall–Kier alpha value is -1.63. The molecular formula is C10H17N5O2. The predicted molar refractivity (Wildman–Crippen MR) is 61.2 cm³/mol. The highest BCUT2D eigenvalue weighted by molar-refractivity contribution is 5.91. The standard InChI is InChI=1S/C10H17N5O2/c11-10-12-8(13-14-10)9(17)15-5-1-3-7(15)4-2-6-16/h7,16H,1-6H2,(H3,11,12,13,14). The first-order chi connectivity index (χ1) is 8.22. The number of likely N-dealkylation sites (tertiary alicyclic amines) is 1. The average molecular weight is 239 g/mol. The zero-order chi connectivity index (χ0) is 12.3. The van der Waals surface area contributed by atoms with Crippen LogP contribution >= 0.6 is 0 Å². The molecule has 1 unspecified atom stereocenters. The molecule has 7 heteroatoms. The van der Waals surface area contributed by atoms with E-state index in [1.54, 1.807) is 4.90 Å². The molecule has 1 atom stereocenters. The van der Waals surface area contributed by atoms with Crippen LogP contribution in [-0.4, -0.2) is 50.3 Å². The van der Waals surface area contributed by atoms with Gasteiger partial charge < -0.3 is 15.7 Å². The number of nitrogens with two attached hydrogens (primary N) is 1. The van der Waals surface area contributed by atoms with Gasteiger partial charge in [-0.3, -0.25) is 9.89 Å². The van der Waals surface area contributed by atoms with E-state index in [0.717, 1.165) is 25.8 Å². The monoisotopic (exact) mass is 239 g/mol. The highest BCUT2D eigenvalue weighted by Crippen LogP contribution is 2.22. The van der Waals surface area contributed by atoms with Gasteiger partial charge in [-0.1, -0.05) is 0 Å². The van der Waals surface area contributed by atoms with Crippen LogP contribution in [0.4, 0.5) is 5.95 Å². The molecular weight excluding hydrogens is 222 g/mol. The zero-order valence-corrected chi connectivity index (χ0v) is 9.59. The normalized spacial score (nSPS) is 19.8. The lowest BCUT2D eigenvalue weighted by atomic mass is 10.1. The molecule has 1 aromatic rings. The van der Waals surface area contributed by atoms with Crippen molar-refractivity contribution in [3.8, 4) is 0 Å². The second-order valence-corrected chi connectivity index (χ2v) is 4.20. The third-order valence-electron chi connectivity index (χ3n) is 3.04. The molecule has 2 rings (SSSR count). The Morgan fingerprint density at radius 1 is 1.65 bits per heavy atom. The van der Waals surface area contributed by atoms with E-state index in [9.17, 15) is 4.79 Å². The number of amides is 1. The molecule has 0 saturated carbocycles. The van der Waals surface area contributed by atoms with Crippen LogP contribution in [0.3, 0.4) is 0 Å².